The molecule has 4 nitrogen and oxygen atoms in total. The Morgan fingerprint density at radius 2 is 1.92 bits per heavy atom. The summed E-state index contributed by atoms with van der Waals surface area (Å²) < 4.78 is 5.80. The topological polar surface area (TPSA) is 55.6 Å². The fourth-order valence-electron chi connectivity index (χ4n) is 2.96. The number of nitrogens with two attached hydrogens (primary N) is 1. The molecule has 1 amide bonds. The molecule has 0 bridgehead atoms. The molecule has 2 aromatic carbocycles. The van der Waals surface area contributed by atoms with Crippen LogP contribution in [0.15, 0.2) is 54.6 Å². The van der Waals surface area contributed by atoms with Gasteiger partial charge in [0.15, 0.2) is 0 Å². The summed E-state index contributed by atoms with van der Waals surface area (Å²) in [5.41, 5.74) is 8.11. The number of rotatable bonds is 4. The van der Waals surface area contributed by atoms with Gasteiger partial charge in [0.2, 0.25) is 5.91 Å². The minimum atomic E-state index is -0.544. The van der Waals surface area contributed by atoms with Crippen molar-refractivity contribution in [2.24, 2.45) is 5.73 Å². The van der Waals surface area contributed by atoms with Gasteiger partial charge in [0.1, 0.15) is 6.10 Å². The highest BCUT2D eigenvalue weighted by Gasteiger charge is 2.29. The molecule has 1 fully saturated rings. The highest BCUT2D eigenvalue weighted by molar-refractivity contribution is 6.31. The predicted molar refractivity (Wildman–Crippen MR) is 94.8 cm³/mol. The van der Waals surface area contributed by atoms with E-state index in [0.717, 1.165) is 11.1 Å². The summed E-state index contributed by atoms with van der Waals surface area (Å²) in [6, 6.07) is 16.9. The molecule has 0 radical (unpaired) electrons. The van der Waals surface area contributed by atoms with Crippen molar-refractivity contribution in [3.8, 4) is 0 Å². The molecule has 2 N–H and O–H groups in total. The van der Waals surface area contributed by atoms with Gasteiger partial charge in [-0.15, -0.1) is 0 Å². The molecule has 0 spiro atoms. The van der Waals surface area contributed by atoms with Crippen LogP contribution in [0.3, 0.4) is 0 Å². The van der Waals surface area contributed by atoms with Crippen molar-refractivity contribution in [2.45, 2.75) is 18.6 Å². The Balaban J connectivity index is 1.66. The van der Waals surface area contributed by atoms with Gasteiger partial charge in [-0.3, -0.25) is 4.79 Å². The van der Waals surface area contributed by atoms with Crippen LogP contribution in [0, 0.1) is 0 Å². The van der Waals surface area contributed by atoms with E-state index in [0.29, 0.717) is 31.1 Å². The Bertz CT molecular complexity index is 693. The minimum absolute atomic E-state index is 0.0424. The van der Waals surface area contributed by atoms with E-state index in [1.54, 1.807) is 4.90 Å². The molecule has 126 valence electrons. The van der Waals surface area contributed by atoms with Crippen LogP contribution in [0.4, 0.5) is 0 Å². The smallest absolute Gasteiger partial charge is 0.240 e. The monoisotopic (exact) mass is 344 g/mol. The van der Waals surface area contributed by atoms with Crippen LogP contribution in [0.2, 0.25) is 5.02 Å². The van der Waals surface area contributed by atoms with E-state index in [1.165, 1.54) is 0 Å². The highest BCUT2D eigenvalue weighted by atomic mass is 35.5. The van der Waals surface area contributed by atoms with E-state index in [4.69, 9.17) is 22.1 Å². The number of ether oxygens (including phenoxy) is 1. The van der Waals surface area contributed by atoms with Gasteiger partial charge >= 0.3 is 0 Å². The molecule has 0 saturated carbocycles. The van der Waals surface area contributed by atoms with Crippen molar-refractivity contribution in [1.82, 2.24) is 4.90 Å². The third kappa shape index (κ3) is 3.96. The number of hydrogen-bond donors (Lipinski definition) is 1. The van der Waals surface area contributed by atoms with Gasteiger partial charge in [0.25, 0.3) is 0 Å². The van der Waals surface area contributed by atoms with Gasteiger partial charge in [-0.25, -0.2) is 0 Å². The predicted octanol–water partition coefficient (Wildman–Crippen LogP) is 2.81. The lowest BCUT2D eigenvalue weighted by atomic mass is 10.0. The van der Waals surface area contributed by atoms with Crippen molar-refractivity contribution in [2.75, 3.05) is 19.7 Å². The molecule has 1 aliphatic heterocycles. The van der Waals surface area contributed by atoms with Gasteiger partial charge in [0.05, 0.1) is 19.2 Å². The van der Waals surface area contributed by atoms with E-state index in [1.807, 2.05) is 54.6 Å². The maximum Gasteiger partial charge on any atom is 0.240 e. The van der Waals surface area contributed by atoms with Crippen molar-refractivity contribution in [1.29, 1.82) is 0 Å². The number of carbonyl (C=O) groups excluding carboxylic acids is 1. The third-order valence-corrected chi connectivity index (χ3v) is 4.59. The summed E-state index contributed by atoms with van der Waals surface area (Å²) in [5.74, 6) is -0.0424. The number of nitrogens with zero attached hydrogens (tertiary/aromatic N) is 1. The minimum Gasteiger partial charge on any atom is -0.370 e. The number of hydrogen-bond acceptors (Lipinski definition) is 3. The molecular weight excluding hydrogens is 324 g/mol. The van der Waals surface area contributed by atoms with Crippen LogP contribution in [-0.4, -0.2) is 36.5 Å². The van der Waals surface area contributed by atoms with Crippen LogP contribution in [0.25, 0.3) is 0 Å². The van der Waals surface area contributed by atoms with Crippen molar-refractivity contribution < 1.29 is 9.53 Å². The van der Waals surface area contributed by atoms with Crippen LogP contribution in [0.5, 0.6) is 0 Å². The van der Waals surface area contributed by atoms with E-state index >= 15 is 0 Å². The van der Waals surface area contributed by atoms with Gasteiger partial charge in [-0.2, -0.15) is 0 Å². The molecule has 2 atom stereocenters. The summed E-state index contributed by atoms with van der Waals surface area (Å²) in [6.07, 6.45) is 0.327. The fraction of sp³-hybridized carbons (Fsp3) is 0.316. The summed E-state index contributed by atoms with van der Waals surface area (Å²) in [6.45, 7) is 1.52. The normalized spacial score (nSPS) is 19.1. The average molecular weight is 345 g/mol. The fourth-order valence-corrected chi connectivity index (χ4v) is 3.22. The Morgan fingerprint density at radius 3 is 2.67 bits per heavy atom. The van der Waals surface area contributed by atoms with Crippen LogP contribution in [0.1, 0.15) is 17.2 Å². The van der Waals surface area contributed by atoms with Gasteiger partial charge < -0.3 is 15.4 Å². The first kappa shape index (κ1) is 17.0. The number of amides is 1. The molecule has 1 saturated heterocycles. The largest absolute Gasteiger partial charge is 0.370 e. The number of benzene rings is 2. The van der Waals surface area contributed by atoms with Gasteiger partial charge in [-0.1, -0.05) is 60.1 Å². The summed E-state index contributed by atoms with van der Waals surface area (Å²) in [7, 11) is 0. The molecule has 1 aliphatic rings. The molecular formula is C19H21ClN2O2. The molecule has 3 rings (SSSR count). The molecule has 24 heavy (non-hydrogen) atoms. The van der Waals surface area contributed by atoms with Gasteiger partial charge in [-0.05, 0) is 18.1 Å². The van der Waals surface area contributed by atoms with Crippen molar-refractivity contribution in [3.05, 3.63) is 70.7 Å². The average Bonchev–Trinajstić information content (AvgIpc) is 2.62. The maximum absolute atomic E-state index is 12.7. The molecule has 0 aliphatic carbocycles. The van der Waals surface area contributed by atoms with Crippen LogP contribution < -0.4 is 5.73 Å². The molecule has 2 aromatic rings. The van der Waals surface area contributed by atoms with E-state index in [2.05, 4.69) is 0 Å². The maximum atomic E-state index is 12.7. The van der Waals surface area contributed by atoms with Crippen LogP contribution in [-0.2, 0) is 16.0 Å². The van der Waals surface area contributed by atoms with E-state index < -0.39 is 6.04 Å². The van der Waals surface area contributed by atoms with Crippen molar-refractivity contribution >= 4 is 17.5 Å². The SMILES string of the molecule is N[C@@H](Cc1ccccc1)C(=O)N1CCO[C@@H](c2ccccc2Cl)C1. The molecule has 1 heterocycles. The quantitative estimate of drug-likeness (QED) is 0.927. The third-order valence-electron chi connectivity index (χ3n) is 4.25. The van der Waals surface area contributed by atoms with Gasteiger partial charge in [0, 0.05) is 17.1 Å². The number of morpholine rings is 1. The second kappa shape index (κ2) is 7.79. The zero-order chi connectivity index (χ0) is 16.9. The summed E-state index contributed by atoms with van der Waals surface area (Å²) >= 11 is 6.25. The second-order valence-corrected chi connectivity index (χ2v) is 6.37. The van der Waals surface area contributed by atoms with E-state index in [-0.39, 0.29) is 12.0 Å². The standard InChI is InChI=1S/C19H21ClN2O2/c20-16-9-5-4-8-15(16)18-13-22(10-11-24-18)19(23)17(21)12-14-6-2-1-3-7-14/h1-9,17-18H,10-13,21H2/t17-,18+/m0/s1. The Morgan fingerprint density at radius 1 is 1.21 bits per heavy atom. The Hall–Kier alpha value is -1.88. The molecule has 0 unspecified atom stereocenters. The van der Waals surface area contributed by atoms with E-state index in [9.17, 15) is 4.79 Å². The zero-order valence-electron chi connectivity index (χ0n) is 13.4. The lowest BCUT2D eigenvalue weighted by molar-refractivity contribution is -0.140. The Labute approximate surface area is 147 Å². The number of carbonyl (C=O) groups is 1. The van der Waals surface area contributed by atoms with Crippen LogP contribution >= 0.6 is 11.6 Å². The first-order chi connectivity index (χ1) is 11.6. The summed E-state index contributed by atoms with van der Waals surface area (Å²) in [5, 5.41) is 0.658. The number of halogens is 1. The lowest BCUT2D eigenvalue weighted by Gasteiger charge is -2.35. The highest BCUT2D eigenvalue weighted by Crippen LogP contribution is 2.28. The zero-order valence-corrected chi connectivity index (χ0v) is 14.2. The first-order valence-corrected chi connectivity index (χ1v) is 8.47. The Kier molecular flexibility index (Phi) is 5.51. The summed E-state index contributed by atoms with van der Waals surface area (Å²) in [4.78, 5) is 14.5. The molecule has 0 aromatic heterocycles. The van der Waals surface area contributed by atoms with Crippen molar-refractivity contribution in [3.63, 3.8) is 0 Å². The second-order valence-electron chi connectivity index (χ2n) is 5.96. The lowest BCUT2D eigenvalue weighted by Crippen LogP contribution is -2.50. The first-order valence-electron chi connectivity index (χ1n) is 8.09. The molecule has 5 heteroatoms.